The molecular weight excluding hydrogens is 328 g/mol. The molecule has 0 spiro atoms. The summed E-state index contributed by atoms with van der Waals surface area (Å²) >= 11 is 10.9. The Labute approximate surface area is 136 Å². The molecule has 1 fully saturated rings. The molecule has 116 valence electrons. The first kappa shape index (κ1) is 16.7. The van der Waals surface area contributed by atoms with Crippen LogP contribution < -0.4 is 10.5 Å². The first-order chi connectivity index (χ1) is 9.73. The van der Waals surface area contributed by atoms with Crippen LogP contribution in [0.1, 0.15) is 38.2 Å². The molecule has 1 aromatic carbocycles. The number of rotatable bonds is 5. The Hall–Kier alpha value is -0.690. The Bertz CT molecular complexity index is 653. The van der Waals surface area contributed by atoms with Gasteiger partial charge < -0.3 is 5.73 Å². The number of sulfonamides is 1. The normalized spacial score (nSPS) is 17.8. The van der Waals surface area contributed by atoms with Gasteiger partial charge in [-0.05, 0) is 36.5 Å². The van der Waals surface area contributed by atoms with Crippen molar-refractivity contribution in [2.75, 3.05) is 6.54 Å². The highest BCUT2D eigenvalue weighted by Crippen LogP contribution is 2.37. The fraction of sp³-hybridized carbons (Fsp3) is 0.500. The third-order valence-electron chi connectivity index (χ3n) is 4.02. The standard InChI is InChI=1S/C14H19ClN2O2S2/c1-14(6-2-3-7-14)9-17-21(18,19)10-4-5-11(13(16)20)12(15)8-10/h4-5,8,17H,2-3,6-7,9H2,1H3,(H2,16,20). The van der Waals surface area contributed by atoms with Gasteiger partial charge in [0.1, 0.15) is 4.99 Å². The largest absolute Gasteiger partial charge is 0.389 e. The highest BCUT2D eigenvalue weighted by Gasteiger charge is 2.30. The van der Waals surface area contributed by atoms with E-state index in [0.29, 0.717) is 12.1 Å². The number of nitrogens with two attached hydrogens (primary N) is 1. The third kappa shape index (κ3) is 3.94. The van der Waals surface area contributed by atoms with Gasteiger partial charge in [0, 0.05) is 12.1 Å². The zero-order chi connectivity index (χ0) is 15.7. The van der Waals surface area contributed by atoms with Crippen LogP contribution >= 0.6 is 23.8 Å². The molecule has 0 heterocycles. The summed E-state index contributed by atoms with van der Waals surface area (Å²) in [7, 11) is -3.57. The molecule has 0 radical (unpaired) electrons. The number of hydrogen-bond donors (Lipinski definition) is 2. The summed E-state index contributed by atoms with van der Waals surface area (Å²) in [5.41, 5.74) is 6.05. The van der Waals surface area contributed by atoms with Crippen molar-refractivity contribution < 1.29 is 8.42 Å². The average Bonchev–Trinajstić information content (AvgIpc) is 2.84. The number of benzene rings is 1. The van der Waals surface area contributed by atoms with Gasteiger partial charge >= 0.3 is 0 Å². The van der Waals surface area contributed by atoms with Crippen LogP contribution in [0.5, 0.6) is 0 Å². The molecular formula is C14H19ClN2O2S2. The van der Waals surface area contributed by atoms with Crippen LogP contribution in [0, 0.1) is 5.41 Å². The minimum atomic E-state index is -3.57. The predicted molar refractivity (Wildman–Crippen MR) is 89.1 cm³/mol. The Kier molecular flexibility index (Phi) is 4.92. The lowest BCUT2D eigenvalue weighted by molar-refractivity contribution is 0.336. The van der Waals surface area contributed by atoms with Crippen molar-refractivity contribution in [2.45, 2.75) is 37.5 Å². The predicted octanol–water partition coefficient (Wildman–Crippen LogP) is 2.83. The van der Waals surface area contributed by atoms with Crippen LogP contribution in [-0.2, 0) is 10.0 Å². The summed E-state index contributed by atoms with van der Waals surface area (Å²) in [6.45, 7) is 2.56. The summed E-state index contributed by atoms with van der Waals surface area (Å²) in [5, 5.41) is 0.248. The summed E-state index contributed by atoms with van der Waals surface area (Å²) in [4.78, 5) is 0.282. The Morgan fingerprint density at radius 3 is 2.57 bits per heavy atom. The van der Waals surface area contributed by atoms with Crippen LogP contribution in [-0.4, -0.2) is 20.0 Å². The lowest BCUT2D eigenvalue weighted by Crippen LogP contribution is -2.34. The molecule has 0 aliphatic heterocycles. The smallest absolute Gasteiger partial charge is 0.240 e. The van der Waals surface area contributed by atoms with E-state index in [1.54, 1.807) is 0 Å². The number of nitrogens with one attached hydrogen (secondary N) is 1. The van der Waals surface area contributed by atoms with E-state index in [1.165, 1.54) is 18.2 Å². The molecule has 1 aliphatic rings. The van der Waals surface area contributed by atoms with Gasteiger partial charge in [0.15, 0.2) is 0 Å². The Balaban J connectivity index is 2.16. The second-order valence-corrected chi connectivity index (χ2v) is 8.46. The Morgan fingerprint density at radius 1 is 1.43 bits per heavy atom. The van der Waals surface area contributed by atoms with Crippen molar-refractivity contribution in [1.82, 2.24) is 4.72 Å². The van der Waals surface area contributed by atoms with E-state index in [1.807, 2.05) is 0 Å². The van der Waals surface area contributed by atoms with Crippen LogP contribution in [0.4, 0.5) is 0 Å². The van der Waals surface area contributed by atoms with E-state index in [9.17, 15) is 8.42 Å². The molecule has 1 aromatic rings. The number of thiocarbonyl (C=S) groups is 1. The molecule has 0 saturated heterocycles. The minimum absolute atomic E-state index is 0.0512. The Morgan fingerprint density at radius 2 is 2.05 bits per heavy atom. The maximum Gasteiger partial charge on any atom is 0.240 e. The molecule has 4 nitrogen and oxygen atoms in total. The molecule has 7 heteroatoms. The van der Waals surface area contributed by atoms with E-state index in [-0.39, 0.29) is 20.3 Å². The highest BCUT2D eigenvalue weighted by molar-refractivity contribution is 7.89. The second-order valence-electron chi connectivity index (χ2n) is 5.85. The summed E-state index contributed by atoms with van der Waals surface area (Å²) < 4.78 is 27.3. The van der Waals surface area contributed by atoms with Crippen LogP contribution in [0.2, 0.25) is 5.02 Å². The van der Waals surface area contributed by atoms with Gasteiger partial charge in [-0.2, -0.15) is 0 Å². The topological polar surface area (TPSA) is 72.2 Å². The average molecular weight is 347 g/mol. The molecule has 1 saturated carbocycles. The molecule has 1 aliphatic carbocycles. The van der Waals surface area contributed by atoms with Gasteiger partial charge in [-0.15, -0.1) is 0 Å². The van der Waals surface area contributed by atoms with Gasteiger partial charge in [0.25, 0.3) is 0 Å². The van der Waals surface area contributed by atoms with Gasteiger partial charge in [0.05, 0.1) is 9.92 Å². The van der Waals surface area contributed by atoms with E-state index in [2.05, 4.69) is 11.6 Å². The van der Waals surface area contributed by atoms with Crippen LogP contribution in [0.25, 0.3) is 0 Å². The minimum Gasteiger partial charge on any atom is -0.389 e. The van der Waals surface area contributed by atoms with Gasteiger partial charge in [-0.1, -0.05) is 43.6 Å². The van der Waals surface area contributed by atoms with Gasteiger partial charge in [-0.3, -0.25) is 0 Å². The molecule has 0 amide bonds. The van der Waals surface area contributed by atoms with Gasteiger partial charge in [0.2, 0.25) is 10.0 Å². The maximum atomic E-state index is 12.3. The number of halogens is 1. The SMILES string of the molecule is CC1(CNS(=O)(=O)c2ccc(C(N)=S)c(Cl)c2)CCCC1. The third-order valence-corrected chi connectivity index (χ3v) is 5.95. The lowest BCUT2D eigenvalue weighted by Gasteiger charge is -2.23. The van der Waals surface area contributed by atoms with E-state index in [0.717, 1.165) is 25.7 Å². The maximum absolute atomic E-state index is 12.3. The van der Waals surface area contributed by atoms with Gasteiger partial charge in [-0.25, -0.2) is 13.1 Å². The number of hydrogen-bond acceptors (Lipinski definition) is 3. The van der Waals surface area contributed by atoms with Crippen molar-refractivity contribution in [1.29, 1.82) is 0 Å². The zero-order valence-corrected chi connectivity index (χ0v) is 14.2. The summed E-state index contributed by atoms with van der Waals surface area (Å²) in [5.74, 6) is 0. The van der Waals surface area contributed by atoms with Crippen molar-refractivity contribution in [3.05, 3.63) is 28.8 Å². The molecule has 21 heavy (non-hydrogen) atoms. The van der Waals surface area contributed by atoms with E-state index in [4.69, 9.17) is 29.6 Å². The summed E-state index contributed by atoms with van der Waals surface area (Å²) in [6, 6.07) is 4.39. The molecule has 0 bridgehead atoms. The van der Waals surface area contributed by atoms with E-state index >= 15 is 0 Å². The molecule has 2 rings (SSSR count). The highest BCUT2D eigenvalue weighted by atomic mass is 35.5. The monoisotopic (exact) mass is 346 g/mol. The molecule has 0 aromatic heterocycles. The van der Waals surface area contributed by atoms with Crippen molar-refractivity contribution in [3.63, 3.8) is 0 Å². The first-order valence-electron chi connectivity index (χ1n) is 6.83. The molecule has 0 atom stereocenters. The quantitative estimate of drug-likeness (QED) is 0.804. The van der Waals surface area contributed by atoms with Crippen LogP contribution in [0.15, 0.2) is 23.1 Å². The molecule has 3 N–H and O–H groups in total. The lowest BCUT2D eigenvalue weighted by atomic mass is 9.89. The zero-order valence-electron chi connectivity index (χ0n) is 11.9. The van der Waals surface area contributed by atoms with E-state index < -0.39 is 10.0 Å². The fourth-order valence-electron chi connectivity index (χ4n) is 2.62. The van der Waals surface area contributed by atoms with Crippen molar-refractivity contribution in [3.8, 4) is 0 Å². The van der Waals surface area contributed by atoms with Crippen LogP contribution in [0.3, 0.4) is 0 Å². The first-order valence-corrected chi connectivity index (χ1v) is 9.09. The van der Waals surface area contributed by atoms with Crippen molar-refractivity contribution >= 4 is 38.8 Å². The summed E-state index contributed by atoms with van der Waals surface area (Å²) in [6.07, 6.45) is 4.42. The molecule has 0 unspecified atom stereocenters. The second kappa shape index (κ2) is 6.20. The van der Waals surface area contributed by atoms with Crippen molar-refractivity contribution in [2.24, 2.45) is 11.1 Å². The fourth-order valence-corrected chi connectivity index (χ4v) is 4.43.